The molecular weight excluding hydrogens is 332 g/mol. The molecule has 0 aliphatic heterocycles. The van der Waals surface area contributed by atoms with Crippen molar-refractivity contribution in [3.8, 4) is 12.3 Å². The maximum atomic E-state index is 6.92. The number of allylic oxidation sites excluding steroid dienone is 1. The molecule has 0 aromatic heterocycles. The molecule has 136 valence electrons. The summed E-state index contributed by atoms with van der Waals surface area (Å²) in [5.74, 6) is 2.89. The zero-order chi connectivity index (χ0) is 19.0. The molecule has 0 aliphatic carbocycles. The average molecular weight is 363 g/mol. The Labute approximate surface area is 160 Å². The summed E-state index contributed by atoms with van der Waals surface area (Å²) in [4.78, 5) is 0. The Kier molecular flexibility index (Phi) is 7.03. The van der Waals surface area contributed by atoms with E-state index in [2.05, 4.69) is 106 Å². The van der Waals surface area contributed by atoms with Gasteiger partial charge in [-0.1, -0.05) is 106 Å². The lowest BCUT2D eigenvalue weighted by Gasteiger charge is -2.44. The summed E-state index contributed by atoms with van der Waals surface area (Å²) in [6.45, 7) is 8.95. The lowest BCUT2D eigenvalue weighted by molar-refractivity contribution is 0.245. The molecule has 1 atom stereocenters. The lowest BCUT2D eigenvalue weighted by Crippen LogP contribution is -2.67. The zero-order valence-electron chi connectivity index (χ0n) is 16.4. The number of rotatable bonds is 7. The van der Waals surface area contributed by atoms with E-state index in [1.54, 1.807) is 0 Å². The topological polar surface area (TPSA) is 9.23 Å². The summed E-state index contributed by atoms with van der Waals surface area (Å²) in [7, 11) is -2.57. The first-order valence-electron chi connectivity index (χ1n) is 9.35. The number of hydrogen-bond acceptors (Lipinski definition) is 1. The van der Waals surface area contributed by atoms with Gasteiger partial charge in [0.05, 0.1) is 0 Å². The Hall–Kier alpha value is -2.08. The summed E-state index contributed by atoms with van der Waals surface area (Å²) >= 11 is 0. The van der Waals surface area contributed by atoms with Crippen LogP contribution in [0.2, 0.25) is 5.04 Å². The molecule has 0 aliphatic rings. The summed E-state index contributed by atoms with van der Waals surface area (Å²) in [6, 6.07) is 21.3. The van der Waals surface area contributed by atoms with Gasteiger partial charge in [-0.2, -0.15) is 0 Å². The third-order valence-corrected chi connectivity index (χ3v) is 9.72. The van der Waals surface area contributed by atoms with Crippen LogP contribution < -0.4 is 10.4 Å². The van der Waals surface area contributed by atoms with Gasteiger partial charge in [-0.3, -0.25) is 0 Å². The average Bonchev–Trinajstić information content (AvgIpc) is 2.65. The minimum Gasteiger partial charge on any atom is -0.394 e. The quantitative estimate of drug-likeness (QED) is 0.386. The van der Waals surface area contributed by atoms with Crippen LogP contribution in [0.4, 0.5) is 0 Å². The van der Waals surface area contributed by atoms with E-state index in [1.807, 2.05) is 0 Å². The van der Waals surface area contributed by atoms with Gasteiger partial charge in [-0.15, -0.1) is 6.42 Å². The van der Waals surface area contributed by atoms with Crippen LogP contribution in [0.3, 0.4) is 0 Å². The van der Waals surface area contributed by atoms with Gasteiger partial charge in [0.15, 0.2) is 0 Å². The molecule has 0 amide bonds. The standard InChI is InChI=1S/C24H30OSi/c1-6-8-11-16-21(7-2)25-26(24(3,4)5,22-17-12-9-13-18-22)23-19-14-10-15-20-23/h2,8-15,17-21H,6,16H2,1,3-5H3/b11-8-/t21-/m1/s1. The van der Waals surface area contributed by atoms with Crippen molar-refractivity contribution in [1.29, 1.82) is 0 Å². The molecule has 0 bridgehead atoms. The third-order valence-electron chi connectivity index (χ3n) is 4.67. The summed E-state index contributed by atoms with van der Waals surface area (Å²) < 4.78 is 6.92. The first-order chi connectivity index (χ1) is 12.5. The van der Waals surface area contributed by atoms with Gasteiger partial charge in [-0.05, 0) is 21.8 Å². The Morgan fingerprint density at radius 2 is 1.46 bits per heavy atom. The SMILES string of the molecule is C#C[C@H](C/C=C\CC)O[Si](c1ccccc1)(c1ccccc1)C(C)(C)C. The predicted molar refractivity (Wildman–Crippen MR) is 115 cm³/mol. The van der Waals surface area contributed by atoms with Crippen molar-refractivity contribution in [2.45, 2.75) is 51.7 Å². The molecule has 0 N–H and O–H groups in total. The Morgan fingerprint density at radius 1 is 0.962 bits per heavy atom. The second-order valence-corrected chi connectivity index (χ2v) is 11.8. The van der Waals surface area contributed by atoms with Crippen LogP contribution in [-0.4, -0.2) is 14.4 Å². The molecule has 0 fully saturated rings. The minimum atomic E-state index is -2.57. The summed E-state index contributed by atoms with van der Waals surface area (Å²) in [6.07, 6.45) is 11.7. The van der Waals surface area contributed by atoms with Gasteiger partial charge in [0, 0.05) is 6.42 Å². The Morgan fingerprint density at radius 3 is 1.85 bits per heavy atom. The van der Waals surface area contributed by atoms with Crippen LogP contribution in [0.5, 0.6) is 0 Å². The van der Waals surface area contributed by atoms with Crippen molar-refractivity contribution in [2.24, 2.45) is 0 Å². The second kappa shape index (κ2) is 9.03. The third kappa shape index (κ3) is 4.36. The van der Waals surface area contributed by atoms with Crippen molar-refractivity contribution >= 4 is 18.7 Å². The molecule has 2 rings (SSSR count). The highest BCUT2D eigenvalue weighted by Gasteiger charge is 2.51. The van der Waals surface area contributed by atoms with E-state index in [1.165, 1.54) is 10.4 Å². The first kappa shape index (κ1) is 20.2. The maximum Gasteiger partial charge on any atom is 0.262 e. The van der Waals surface area contributed by atoms with E-state index < -0.39 is 8.32 Å². The molecule has 26 heavy (non-hydrogen) atoms. The van der Waals surface area contributed by atoms with Crippen molar-refractivity contribution in [3.63, 3.8) is 0 Å². The fourth-order valence-corrected chi connectivity index (χ4v) is 8.05. The highest BCUT2D eigenvalue weighted by molar-refractivity contribution is 6.99. The van der Waals surface area contributed by atoms with Crippen molar-refractivity contribution < 1.29 is 4.43 Å². The van der Waals surface area contributed by atoms with E-state index in [9.17, 15) is 0 Å². The summed E-state index contributed by atoms with van der Waals surface area (Å²) in [5, 5.41) is 2.47. The van der Waals surface area contributed by atoms with Crippen molar-refractivity contribution in [3.05, 3.63) is 72.8 Å². The van der Waals surface area contributed by atoms with Gasteiger partial charge >= 0.3 is 0 Å². The molecule has 0 saturated heterocycles. The first-order valence-corrected chi connectivity index (χ1v) is 11.3. The zero-order valence-corrected chi connectivity index (χ0v) is 17.4. The van der Waals surface area contributed by atoms with E-state index >= 15 is 0 Å². The van der Waals surface area contributed by atoms with Crippen molar-refractivity contribution in [2.75, 3.05) is 0 Å². The molecule has 0 saturated carbocycles. The molecule has 1 nitrogen and oxygen atoms in total. The largest absolute Gasteiger partial charge is 0.394 e. The number of benzene rings is 2. The Bertz CT molecular complexity index is 696. The Balaban J connectivity index is 2.60. The monoisotopic (exact) mass is 362 g/mol. The van der Waals surface area contributed by atoms with Gasteiger partial charge in [0.25, 0.3) is 8.32 Å². The predicted octanol–water partition coefficient (Wildman–Crippen LogP) is 4.92. The van der Waals surface area contributed by atoms with Crippen LogP contribution >= 0.6 is 0 Å². The highest BCUT2D eigenvalue weighted by Crippen LogP contribution is 2.37. The molecule has 0 radical (unpaired) electrons. The van der Waals surface area contributed by atoms with Crippen LogP contribution in [0.1, 0.15) is 40.5 Å². The molecule has 2 aromatic rings. The van der Waals surface area contributed by atoms with Gasteiger partial charge in [0.1, 0.15) is 6.10 Å². The second-order valence-electron chi connectivity index (χ2n) is 7.55. The molecule has 2 aromatic carbocycles. The molecule has 0 heterocycles. The smallest absolute Gasteiger partial charge is 0.262 e. The van der Waals surface area contributed by atoms with E-state index in [-0.39, 0.29) is 11.1 Å². The fraction of sp³-hybridized carbons (Fsp3) is 0.333. The maximum absolute atomic E-state index is 6.92. The highest BCUT2D eigenvalue weighted by atomic mass is 28.4. The molecule has 0 unspecified atom stereocenters. The van der Waals surface area contributed by atoms with Crippen LogP contribution in [0.15, 0.2) is 72.8 Å². The fourth-order valence-electron chi connectivity index (χ4n) is 3.44. The van der Waals surface area contributed by atoms with Gasteiger partial charge in [-0.25, -0.2) is 0 Å². The van der Waals surface area contributed by atoms with Crippen LogP contribution in [0.25, 0.3) is 0 Å². The van der Waals surface area contributed by atoms with Crippen LogP contribution in [0, 0.1) is 12.3 Å². The van der Waals surface area contributed by atoms with Crippen molar-refractivity contribution in [1.82, 2.24) is 0 Å². The normalized spacial score (nSPS) is 13.5. The summed E-state index contributed by atoms with van der Waals surface area (Å²) in [5.41, 5.74) is 0. The molecule has 0 spiro atoms. The molecular formula is C24H30OSi. The molecule has 2 heteroatoms. The number of terminal acetylenes is 1. The lowest BCUT2D eigenvalue weighted by atomic mass is 10.2. The van der Waals surface area contributed by atoms with E-state index in [0.717, 1.165) is 12.8 Å². The minimum absolute atomic E-state index is 0.0563. The van der Waals surface area contributed by atoms with Gasteiger partial charge < -0.3 is 4.43 Å². The van der Waals surface area contributed by atoms with Crippen LogP contribution in [-0.2, 0) is 4.43 Å². The van der Waals surface area contributed by atoms with Gasteiger partial charge in [0.2, 0.25) is 0 Å². The number of hydrogen-bond donors (Lipinski definition) is 0. The van der Waals surface area contributed by atoms with E-state index in [0.29, 0.717) is 0 Å². The van der Waals surface area contributed by atoms with E-state index in [4.69, 9.17) is 10.8 Å².